The van der Waals surface area contributed by atoms with Crippen LogP contribution in [0.1, 0.15) is 12.0 Å². The van der Waals surface area contributed by atoms with Crippen molar-refractivity contribution in [1.82, 2.24) is 0 Å². The highest BCUT2D eigenvalue weighted by molar-refractivity contribution is 6.32. The highest BCUT2D eigenvalue weighted by Gasteiger charge is 2.22. The number of ether oxygens (including phenoxy) is 3. The van der Waals surface area contributed by atoms with Gasteiger partial charge in [0.05, 0.1) is 12.1 Å². The molecular formula is C12H16ClNO3. The molecule has 0 aromatic heterocycles. The zero-order valence-electron chi connectivity index (χ0n) is 9.79. The molecule has 0 bridgehead atoms. The molecule has 2 rings (SSSR count). The molecule has 0 amide bonds. The van der Waals surface area contributed by atoms with Gasteiger partial charge in [0, 0.05) is 11.6 Å². The zero-order chi connectivity index (χ0) is 12.3. The molecule has 0 aliphatic carbocycles. The lowest BCUT2D eigenvalue weighted by molar-refractivity contribution is 0.169. The Labute approximate surface area is 106 Å². The van der Waals surface area contributed by atoms with E-state index < -0.39 is 0 Å². The summed E-state index contributed by atoms with van der Waals surface area (Å²) in [6.45, 7) is 1.71. The van der Waals surface area contributed by atoms with E-state index in [-0.39, 0.29) is 0 Å². The number of hydrogen-bond acceptors (Lipinski definition) is 4. The molecule has 0 spiro atoms. The van der Waals surface area contributed by atoms with Crippen LogP contribution in [0.2, 0.25) is 5.02 Å². The van der Waals surface area contributed by atoms with Gasteiger partial charge >= 0.3 is 0 Å². The van der Waals surface area contributed by atoms with Gasteiger partial charge in [0.1, 0.15) is 19.0 Å². The van der Waals surface area contributed by atoms with Gasteiger partial charge in [0.25, 0.3) is 0 Å². The fourth-order valence-electron chi connectivity index (χ4n) is 1.93. The SMILES string of the molecule is COc1c(Cl)cc2c(c1CCCN)OCCO2. The quantitative estimate of drug-likeness (QED) is 0.897. The molecule has 0 atom stereocenters. The highest BCUT2D eigenvalue weighted by atomic mass is 35.5. The lowest BCUT2D eigenvalue weighted by Crippen LogP contribution is -2.17. The third-order valence-electron chi connectivity index (χ3n) is 2.67. The summed E-state index contributed by atoms with van der Waals surface area (Å²) >= 11 is 6.15. The first-order chi connectivity index (χ1) is 8.27. The second-order valence-electron chi connectivity index (χ2n) is 3.79. The maximum atomic E-state index is 6.15. The van der Waals surface area contributed by atoms with E-state index in [9.17, 15) is 0 Å². The molecule has 0 saturated carbocycles. The van der Waals surface area contributed by atoms with E-state index in [2.05, 4.69) is 0 Å². The predicted octanol–water partition coefficient (Wildman–Crippen LogP) is 2.01. The van der Waals surface area contributed by atoms with Crippen molar-refractivity contribution in [2.75, 3.05) is 26.9 Å². The molecule has 0 unspecified atom stereocenters. The smallest absolute Gasteiger partial charge is 0.168 e. The molecular weight excluding hydrogens is 242 g/mol. The third kappa shape index (κ3) is 2.42. The standard InChI is InChI=1S/C12H16ClNO3/c1-15-11-8(3-2-4-14)12-10(7-9(11)13)16-5-6-17-12/h7H,2-6,14H2,1H3. The molecule has 1 aromatic carbocycles. The Morgan fingerprint density at radius 3 is 2.88 bits per heavy atom. The number of nitrogens with two attached hydrogens (primary N) is 1. The van der Waals surface area contributed by atoms with Gasteiger partial charge in [-0.15, -0.1) is 0 Å². The summed E-state index contributed by atoms with van der Waals surface area (Å²) in [6, 6.07) is 1.74. The van der Waals surface area contributed by atoms with Crippen LogP contribution < -0.4 is 19.9 Å². The number of benzene rings is 1. The molecule has 5 heteroatoms. The van der Waals surface area contributed by atoms with E-state index in [0.29, 0.717) is 36.3 Å². The topological polar surface area (TPSA) is 53.7 Å². The van der Waals surface area contributed by atoms with Crippen molar-refractivity contribution >= 4 is 11.6 Å². The normalized spacial score (nSPS) is 13.6. The van der Waals surface area contributed by atoms with E-state index in [1.54, 1.807) is 13.2 Å². The first-order valence-electron chi connectivity index (χ1n) is 5.63. The summed E-state index contributed by atoms with van der Waals surface area (Å²) in [7, 11) is 1.60. The Morgan fingerprint density at radius 1 is 1.41 bits per heavy atom. The second kappa shape index (κ2) is 5.47. The molecule has 94 valence electrons. The van der Waals surface area contributed by atoms with Crippen molar-refractivity contribution in [1.29, 1.82) is 0 Å². The van der Waals surface area contributed by atoms with Gasteiger partial charge < -0.3 is 19.9 Å². The maximum Gasteiger partial charge on any atom is 0.168 e. The Morgan fingerprint density at radius 2 is 2.18 bits per heavy atom. The lowest BCUT2D eigenvalue weighted by Gasteiger charge is -2.23. The zero-order valence-corrected chi connectivity index (χ0v) is 10.5. The molecule has 1 heterocycles. The Bertz CT molecular complexity index is 409. The Kier molecular flexibility index (Phi) is 3.97. The first-order valence-corrected chi connectivity index (χ1v) is 6.00. The van der Waals surface area contributed by atoms with Gasteiger partial charge in [0.15, 0.2) is 11.5 Å². The average Bonchev–Trinajstić information content (AvgIpc) is 2.35. The lowest BCUT2D eigenvalue weighted by atomic mass is 10.1. The number of methoxy groups -OCH3 is 1. The Balaban J connectivity index is 2.45. The van der Waals surface area contributed by atoms with Gasteiger partial charge in [0.2, 0.25) is 0 Å². The third-order valence-corrected chi connectivity index (χ3v) is 2.95. The van der Waals surface area contributed by atoms with Gasteiger partial charge in [-0.2, -0.15) is 0 Å². The predicted molar refractivity (Wildman–Crippen MR) is 66.4 cm³/mol. The summed E-state index contributed by atoms with van der Waals surface area (Å²) in [5.41, 5.74) is 6.48. The fraction of sp³-hybridized carbons (Fsp3) is 0.500. The minimum Gasteiger partial charge on any atom is -0.495 e. The van der Waals surface area contributed by atoms with Crippen LogP contribution in [0.25, 0.3) is 0 Å². The summed E-state index contributed by atoms with van der Waals surface area (Å²) in [5.74, 6) is 2.09. The number of halogens is 1. The largest absolute Gasteiger partial charge is 0.495 e. The summed E-state index contributed by atoms with van der Waals surface area (Å²) in [6.07, 6.45) is 1.62. The molecule has 1 aliphatic rings. The van der Waals surface area contributed by atoms with Gasteiger partial charge in [-0.3, -0.25) is 0 Å². The van der Waals surface area contributed by atoms with Crippen LogP contribution in [0.15, 0.2) is 6.07 Å². The molecule has 0 radical (unpaired) electrons. The minimum atomic E-state index is 0.545. The van der Waals surface area contributed by atoms with Crippen molar-refractivity contribution < 1.29 is 14.2 Å². The van der Waals surface area contributed by atoms with Crippen LogP contribution in [-0.4, -0.2) is 26.9 Å². The van der Waals surface area contributed by atoms with Gasteiger partial charge in [-0.25, -0.2) is 0 Å². The van der Waals surface area contributed by atoms with Crippen molar-refractivity contribution in [2.45, 2.75) is 12.8 Å². The van der Waals surface area contributed by atoms with E-state index in [1.807, 2.05) is 0 Å². The molecule has 17 heavy (non-hydrogen) atoms. The number of rotatable bonds is 4. The summed E-state index contributed by atoms with van der Waals surface area (Å²) in [5, 5.41) is 0.545. The van der Waals surface area contributed by atoms with E-state index >= 15 is 0 Å². The first kappa shape index (κ1) is 12.3. The van der Waals surface area contributed by atoms with E-state index in [4.69, 9.17) is 31.5 Å². The van der Waals surface area contributed by atoms with Crippen LogP contribution >= 0.6 is 11.6 Å². The number of fused-ring (bicyclic) bond motifs is 1. The fourth-order valence-corrected chi connectivity index (χ4v) is 2.22. The molecule has 1 aromatic rings. The number of hydrogen-bond donors (Lipinski definition) is 1. The van der Waals surface area contributed by atoms with Gasteiger partial charge in [-0.1, -0.05) is 11.6 Å². The van der Waals surface area contributed by atoms with Crippen molar-refractivity contribution in [3.8, 4) is 17.2 Å². The summed E-state index contributed by atoms with van der Waals surface area (Å²) < 4.78 is 16.5. The van der Waals surface area contributed by atoms with E-state index in [0.717, 1.165) is 24.2 Å². The average molecular weight is 258 g/mol. The van der Waals surface area contributed by atoms with Crippen LogP contribution in [0.4, 0.5) is 0 Å². The van der Waals surface area contributed by atoms with Crippen LogP contribution in [0, 0.1) is 0 Å². The molecule has 1 aliphatic heterocycles. The molecule has 4 nitrogen and oxygen atoms in total. The summed E-state index contributed by atoms with van der Waals surface area (Å²) in [4.78, 5) is 0. The van der Waals surface area contributed by atoms with Crippen molar-refractivity contribution in [2.24, 2.45) is 5.73 Å². The molecule has 0 saturated heterocycles. The van der Waals surface area contributed by atoms with Crippen LogP contribution in [-0.2, 0) is 6.42 Å². The van der Waals surface area contributed by atoms with E-state index in [1.165, 1.54) is 0 Å². The van der Waals surface area contributed by atoms with Crippen LogP contribution in [0.5, 0.6) is 17.2 Å². The monoisotopic (exact) mass is 257 g/mol. The molecule has 2 N–H and O–H groups in total. The van der Waals surface area contributed by atoms with Gasteiger partial charge in [-0.05, 0) is 19.4 Å². The van der Waals surface area contributed by atoms with Crippen molar-refractivity contribution in [3.63, 3.8) is 0 Å². The van der Waals surface area contributed by atoms with Crippen molar-refractivity contribution in [3.05, 3.63) is 16.7 Å². The maximum absolute atomic E-state index is 6.15. The molecule has 0 fully saturated rings. The highest BCUT2D eigenvalue weighted by Crippen LogP contribution is 2.44. The second-order valence-corrected chi connectivity index (χ2v) is 4.19. The Hall–Kier alpha value is -1.13. The minimum absolute atomic E-state index is 0.545. The van der Waals surface area contributed by atoms with Crippen LogP contribution in [0.3, 0.4) is 0 Å².